The molecule has 0 bridgehead atoms. The van der Waals surface area contributed by atoms with Crippen molar-refractivity contribution in [3.8, 4) is 0 Å². The van der Waals surface area contributed by atoms with Crippen molar-refractivity contribution in [3.63, 3.8) is 0 Å². The van der Waals surface area contributed by atoms with E-state index in [0.717, 1.165) is 0 Å². The Morgan fingerprint density at radius 3 is 2.78 bits per heavy atom. The van der Waals surface area contributed by atoms with E-state index in [-0.39, 0.29) is 18.1 Å². The van der Waals surface area contributed by atoms with Crippen LogP contribution in [0.1, 0.15) is 17.1 Å². The molecule has 0 aliphatic carbocycles. The minimum atomic E-state index is -3.15. The van der Waals surface area contributed by atoms with E-state index >= 15 is 0 Å². The molecule has 2 rings (SSSR count). The Morgan fingerprint density at radius 1 is 1.39 bits per heavy atom. The summed E-state index contributed by atoms with van der Waals surface area (Å²) in [5.74, 6) is 0.258. The summed E-state index contributed by atoms with van der Waals surface area (Å²) in [5.41, 5.74) is 1.05. The minimum Gasteiger partial charge on any atom is -0.468 e. The summed E-state index contributed by atoms with van der Waals surface area (Å²) < 4.78 is 27.6. The molecule has 0 spiro atoms. The number of hydrogen-bond donors (Lipinski definition) is 1. The van der Waals surface area contributed by atoms with Crippen molar-refractivity contribution in [2.45, 2.75) is 18.4 Å². The number of fused-ring (bicyclic) bond motifs is 1. The van der Waals surface area contributed by atoms with Gasteiger partial charge in [0.05, 0.1) is 24.3 Å². The smallest absolute Gasteiger partial charge is 0.325 e. The van der Waals surface area contributed by atoms with Crippen LogP contribution in [0.3, 0.4) is 0 Å². The van der Waals surface area contributed by atoms with Crippen LogP contribution in [0.15, 0.2) is 0 Å². The third kappa shape index (κ3) is 2.58. The lowest BCUT2D eigenvalue weighted by Gasteiger charge is -2.09. The molecular formula is C10H13N3O4S. The average molecular weight is 271 g/mol. The number of sulfone groups is 1. The van der Waals surface area contributed by atoms with Crippen molar-refractivity contribution in [3.05, 3.63) is 17.1 Å². The van der Waals surface area contributed by atoms with Crippen molar-refractivity contribution in [2.24, 2.45) is 0 Å². The van der Waals surface area contributed by atoms with Crippen LogP contribution < -0.4 is 5.32 Å². The topological polar surface area (TPSA) is 98.2 Å². The number of aryl methyl sites for hydroxylation is 1. The fourth-order valence-corrected chi connectivity index (χ4v) is 3.28. The number of hydrogen-bond acceptors (Lipinski definition) is 7. The van der Waals surface area contributed by atoms with Crippen molar-refractivity contribution >= 4 is 21.6 Å². The summed E-state index contributed by atoms with van der Waals surface area (Å²) in [5, 5.41) is 2.78. The highest BCUT2D eigenvalue weighted by Gasteiger charge is 2.29. The number of nitrogens with one attached hydrogen (secondary N) is 1. The van der Waals surface area contributed by atoms with Crippen LogP contribution in [0.25, 0.3) is 0 Å². The lowest BCUT2D eigenvalue weighted by molar-refractivity contribution is -0.138. The van der Waals surface area contributed by atoms with E-state index < -0.39 is 15.8 Å². The molecular weight excluding hydrogens is 258 g/mol. The summed E-state index contributed by atoms with van der Waals surface area (Å²) in [6.45, 7) is 1.62. The normalized spacial score (nSPS) is 16.1. The third-order valence-corrected chi connectivity index (χ3v) is 4.00. The minimum absolute atomic E-state index is 0.0561. The molecule has 1 aromatic heterocycles. The second-order valence-electron chi connectivity index (χ2n) is 4.01. The molecule has 0 aromatic carbocycles. The van der Waals surface area contributed by atoms with Crippen molar-refractivity contribution in [1.82, 2.24) is 9.97 Å². The molecule has 7 nitrogen and oxygen atoms in total. The van der Waals surface area contributed by atoms with Crippen LogP contribution in [0.2, 0.25) is 0 Å². The highest BCUT2D eigenvalue weighted by atomic mass is 32.2. The lowest BCUT2D eigenvalue weighted by Crippen LogP contribution is -2.17. The lowest BCUT2D eigenvalue weighted by atomic mass is 10.2. The number of aromatic nitrogens is 2. The largest absolute Gasteiger partial charge is 0.468 e. The van der Waals surface area contributed by atoms with Gasteiger partial charge in [-0.25, -0.2) is 18.4 Å². The number of rotatable bonds is 3. The molecule has 1 aliphatic heterocycles. The summed E-state index contributed by atoms with van der Waals surface area (Å²) in [6.07, 6.45) is 0. The van der Waals surface area contributed by atoms with Crippen LogP contribution >= 0.6 is 0 Å². The molecule has 18 heavy (non-hydrogen) atoms. The molecule has 2 heterocycles. The van der Waals surface area contributed by atoms with Crippen LogP contribution in [-0.4, -0.2) is 38.0 Å². The zero-order valence-corrected chi connectivity index (χ0v) is 10.9. The Kier molecular flexibility index (Phi) is 3.20. The van der Waals surface area contributed by atoms with Gasteiger partial charge in [-0.3, -0.25) is 4.79 Å². The first-order chi connectivity index (χ1) is 8.41. The van der Waals surface area contributed by atoms with E-state index in [1.54, 1.807) is 6.92 Å². The maximum absolute atomic E-state index is 11.6. The molecule has 0 atom stereocenters. The van der Waals surface area contributed by atoms with Gasteiger partial charge in [0.15, 0.2) is 9.84 Å². The van der Waals surface area contributed by atoms with Gasteiger partial charge in [0.2, 0.25) is 0 Å². The molecule has 1 N–H and O–H groups in total. The second-order valence-corrected chi connectivity index (χ2v) is 6.07. The van der Waals surface area contributed by atoms with E-state index in [1.165, 1.54) is 7.11 Å². The summed E-state index contributed by atoms with van der Waals surface area (Å²) in [6, 6.07) is 0. The van der Waals surface area contributed by atoms with E-state index in [0.29, 0.717) is 22.9 Å². The van der Waals surface area contributed by atoms with Gasteiger partial charge in [0.1, 0.15) is 18.2 Å². The molecule has 0 unspecified atom stereocenters. The molecule has 8 heteroatoms. The number of carbonyl (C=O) groups excluding carboxylic acids is 1. The predicted molar refractivity (Wildman–Crippen MR) is 63.6 cm³/mol. The fraction of sp³-hybridized carbons (Fsp3) is 0.500. The van der Waals surface area contributed by atoms with Gasteiger partial charge in [-0.2, -0.15) is 0 Å². The number of methoxy groups -OCH3 is 1. The van der Waals surface area contributed by atoms with Crippen LogP contribution in [0.5, 0.6) is 0 Å². The Labute approximate surface area is 105 Å². The third-order valence-electron chi connectivity index (χ3n) is 2.55. The van der Waals surface area contributed by atoms with E-state index in [2.05, 4.69) is 20.0 Å². The molecule has 0 fully saturated rings. The molecule has 0 amide bonds. The van der Waals surface area contributed by atoms with Gasteiger partial charge < -0.3 is 10.1 Å². The van der Waals surface area contributed by atoms with Gasteiger partial charge >= 0.3 is 5.97 Å². The number of ether oxygens (including phenoxy) is 1. The fourth-order valence-electron chi connectivity index (χ4n) is 1.78. The average Bonchev–Trinajstić information content (AvgIpc) is 2.59. The van der Waals surface area contributed by atoms with Gasteiger partial charge in [-0.05, 0) is 6.92 Å². The number of anilines is 1. The van der Waals surface area contributed by atoms with E-state index in [1.807, 2.05) is 0 Å². The molecule has 98 valence electrons. The van der Waals surface area contributed by atoms with E-state index in [9.17, 15) is 13.2 Å². The van der Waals surface area contributed by atoms with Crippen LogP contribution in [0, 0.1) is 6.92 Å². The van der Waals surface area contributed by atoms with E-state index in [4.69, 9.17) is 0 Å². The molecule has 1 aliphatic rings. The van der Waals surface area contributed by atoms with Crippen molar-refractivity contribution in [2.75, 3.05) is 19.0 Å². The summed E-state index contributed by atoms with van der Waals surface area (Å²) >= 11 is 0. The van der Waals surface area contributed by atoms with Gasteiger partial charge in [0, 0.05) is 5.56 Å². The summed E-state index contributed by atoms with van der Waals surface area (Å²) in [4.78, 5) is 19.3. The molecule has 0 saturated carbocycles. The second kappa shape index (κ2) is 4.52. The number of esters is 1. The Morgan fingerprint density at radius 2 is 2.11 bits per heavy atom. The van der Waals surface area contributed by atoms with Crippen molar-refractivity contribution in [1.29, 1.82) is 0 Å². The Balaban J connectivity index is 2.30. The van der Waals surface area contributed by atoms with Gasteiger partial charge in [0.25, 0.3) is 0 Å². The SMILES string of the molecule is COC(=O)CNc1nc(C)nc2c1CS(=O)(=O)C2. The van der Waals surface area contributed by atoms with Gasteiger partial charge in [-0.1, -0.05) is 0 Å². The van der Waals surface area contributed by atoms with Gasteiger partial charge in [-0.15, -0.1) is 0 Å². The zero-order valence-electron chi connectivity index (χ0n) is 10.1. The number of carbonyl (C=O) groups is 1. The highest BCUT2D eigenvalue weighted by molar-refractivity contribution is 7.90. The monoisotopic (exact) mass is 271 g/mol. The molecule has 1 aromatic rings. The zero-order chi connectivity index (χ0) is 13.3. The standard InChI is InChI=1S/C10H13N3O4S/c1-6-12-8-5-18(15,16)4-7(8)10(13-6)11-3-9(14)17-2/h3-5H2,1-2H3,(H,11,12,13). The maximum Gasteiger partial charge on any atom is 0.325 e. The molecule has 0 saturated heterocycles. The predicted octanol–water partition coefficient (Wildman–Crippen LogP) is -0.202. The molecule has 0 radical (unpaired) electrons. The first-order valence-corrected chi connectivity index (χ1v) is 7.11. The maximum atomic E-state index is 11.6. The first-order valence-electron chi connectivity index (χ1n) is 5.29. The van der Waals surface area contributed by atoms with Crippen LogP contribution in [-0.2, 0) is 30.9 Å². The van der Waals surface area contributed by atoms with Crippen molar-refractivity contribution < 1.29 is 17.9 Å². The summed E-state index contributed by atoms with van der Waals surface area (Å²) in [7, 11) is -1.87. The Bertz CT molecular complexity index is 597. The quantitative estimate of drug-likeness (QED) is 0.760. The Hall–Kier alpha value is -1.70. The van der Waals surface area contributed by atoms with Crippen LogP contribution in [0.4, 0.5) is 5.82 Å². The number of nitrogens with zero attached hydrogens (tertiary/aromatic N) is 2. The highest BCUT2D eigenvalue weighted by Crippen LogP contribution is 2.28. The first kappa shape index (κ1) is 12.7.